The van der Waals surface area contributed by atoms with E-state index < -0.39 is 0 Å². The number of hydrogen-bond donors (Lipinski definition) is 2. The van der Waals surface area contributed by atoms with Crippen molar-refractivity contribution in [1.29, 1.82) is 0 Å². The number of carbonyl (C=O) groups is 1. The van der Waals surface area contributed by atoms with Gasteiger partial charge in [0.05, 0.1) is 16.8 Å². The fourth-order valence-corrected chi connectivity index (χ4v) is 3.06. The number of nitrogens with zero attached hydrogens (tertiary/aromatic N) is 1. The molecule has 0 fully saturated rings. The lowest BCUT2D eigenvalue weighted by Gasteiger charge is -2.03. The number of thioether (sulfide) groups is 1. The van der Waals surface area contributed by atoms with E-state index in [1.807, 2.05) is 18.2 Å². The van der Waals surface area contributed by atoms with Gasteiger partial charge in [-0.25, -0.2) is 4.98 Å². The van der Waals surface area contributed by atoms with Crippen LogP contribution in [0, 0.1) is 0 Å². The summed E-state index contributed by atoms with van der Waals surface area (Å²) in [6, 6.07) is 12.8. The van der Waals surface area contributed by atoms with Gasteiger partial charge < -0.3 is 10.3 Å². The minimum atomic E-state index is -0.0889. The van der Waals surface area contributed by atoms with Gasteiger partial charge in [-0.2, -0.15) is 0 Å². The summed E-state index contributed by atoms with van der Waals surface area (Å²) >= 11 is 10.6. The van der Waals surface area contributed by atoms with Crippen molar-refractivity contribution in [3.63, 3.8) is 0 Å². The summed E-state index contributed by atoms with van der Waals surface area (Å²) in [6.07, 6.45) is 0. The molecule has 3 rings (SSSR count). The Morgan fingerprint density at radius 1 is 1.27 bits per heavy atom. The third-order valence-electron chi connectivity index (χ3n) is 2.89. The second kappa shape index (κ2) is 6.73. The minimum absolute atomic E-state index is 0.0889. The highest BCUT2D eigenvalue weighted by molar-refractivity contribution is 9.10. The largest absolute Gasteiger partial charge is 0.333 e. The predicted octanol–water partition coefficient (Wildman–Crippen LogP) is 4.71. The third kappa shape index (κ3) is 3.82. The summed E-state index contributed by atoms with van der Waals surface area (Å²) in [5.74, 6) is 0.192. The van der Waals surface area contributed by atoms with Crippen LogP contribution in [0.5, 0.6) is 0 Å². The van der Waals surface area contributed by atoms with E-state index in [0.717, 1.165) is 26.3 Å². The molecule has 0 atom stereocenters. The fourth-order valence-electron chi connectivity index (χ4n) is 1.89. The molecule has 1 heterocycles. The predicted molar refractivity (Wildman–Crippen MR) is 94.6 cm³/mol. The van der Waals surface area contributed by atoms with E-state index in [9.17, 15) is 4.79 Å². The Kier molecular flexibility index (Phi) is 4.71. The maximum Gasteiger partial charge on any atom is 0.234 e. The van der Waals surface area contributed by atoms with Crippen molar-refractivity contribution in [3.8, 4) is 0 Å². The SMILES string of the molecule is O=C(CSc1nc2ccc(Br)cc2[nH]1)Nc1ccc(Cl)cc1. The van der Waals surface area contributed by atoms with Crippen LogP contribution in [0.2, 0.25) is 5.02 Å². The first-order valence-electron chi connectivity index (χ1n) is 6.44. The molecule has 22 heavy (non-hydrogen) atoms. The molecule has 4 nitrogen and oxygen atoms in total. The molecule has 112 valence electrons. The fraction of sp³-hybridized carbons (Fsp3) is 0.0667. The second-order valence-electron chi connectivity index (χ2n) is 4.55. The number of imidazole rings is 1. The van der Waals surface area contributed by atoms with Crippen LogP contribution in [0.25, 0.3) is 11.0 Å². The molecule has 7 heteroatoms. The van der Waals surface area contributed by atoms with Crippen LogP contribution in [0.15, 0.2) is 52.1 Å². The van der Waals surface area contributed by atoms with Crippen molar-refractivity contribution in [2.24, 2.45) is 0 Å². The molecule has 0 unspecified atom stereocenters. The number of nitrogens with one attached hydrogen (secondary N) is 2. The van der Waals surface area contributed by atoms with Gasteiger partial charge in [0.1, 0.15) is 0 Å². The zero-order chi connectivity index (χ0) is 15.5. The standard InChI is InChI=1S/C15H11BrClN3OS/c16-9-1-6-12-13(7-9)20-15(19-12)22-8-14(21)18-11-4-2-10(17)3-5-11/h1-7H,8H2,(H,18,21)(H,19,20). The minimum Gasteiger partial charge on any atom is -0.333 e. The quantitative estimate of drug-likeness (QED) is 0.628. The Balaban J connectivity index is 1.61. The summed E-state index contributed by atoms with van der Waals surface area (Å²) in [7, 11) is 0. The topological polar surface area (TPSA) is 57.8 Å². The van der Waals surface area contributed by atoms with Crippen molar-refractivity contribution in [1.82, 2.24) is 9.97 Å². The zero-order valence-electron chi connectivity index (χ0n) is 11.3. The van der Waals surface area contributed by atoms with Gasteiger partial charge in [0.2, 0.25) is 5.91 Å². The number of hydrogen-bond acceptors (Lipinski definition) is 3. The highest BCUT2D eigenvalue weighted by Gasteiger charge is 2.08. The number of anilines is 1. The molecule has 0 radical (unpaired) electrons. The van der Waals surface area contributed by atoms with Gasteiger partial charge in [0.15, 0.2) is 5.16 Å². The lowest BCUT2D eigenvalue weighted by atomic mass is 10.3. The average molecular weight is 397 g/mol. The number of benzene rings is 2. The summed E-state index contributed by atoms with van der Waals surface area (Å²) in [5.41, 5.74) is 2.54. The van der Waals surface area contributed by atoms with Gasteiger partial charge in [-0.3, -0.25) is 4.79 Å². The van der Waals surface area contributed by atoms with Crippen LogP contribution < -0.4 is 5.32 Å². The Morgan fingerprint density at radius 3 is 2.82 bits per heavy atom. The smallest absolute Gasteiger partial charge is 0.234 e. The van der Waals surface area contributed by atoms with E-state index in [4.69, 9.17) is 11.6 Å². The van der Waals surface area contributed by atoms with Crippen LogP contribution in [0.1, 0.15) is 0 Å². The molecule has 3 aromatic rings. The molecular formula is C15H11BrClN3OS. The van der Waals surface area contributed by atoms with Crippen LogP contribution in [-0.2, 0) is 4.79 Å². The zero-order valence-corrected chi connectivity index (χ0v) is 14.4. The highest BCUT2D eigenvalue weighted by Crippen LogP contribution is 2.22. The molecule has 0 aliphatic rings. The summed E-state index contributed by atoms with van der Waals surface area (Å²) in [4.78, 5) is 19.5. The van der Waals surface area contributed by atoms with E-state index >= 15 is 0 Å². The first-order valence-corrected chi connectivity index (χ1v) is 8.59. The third-order valence-corrected chi connectivity index (χ3v) is 4.51. The number of aromatic nitrogens is 2. The molecule has 2 N–H and O–H groups in total. The van der Waals surface area contributed by atoms with Gasteiger partial charge in [-0.1, -0.05) is 39.3 Å². The molecule has 0 spiro atoms. The Morgan fingerprint density at radius 2 is 2.05 bits per heavy atom. The molecule has 0 aliphatic heterocycles. The van der Waals surface area contributed by atoms with Gasteiger partial charge in [-0.05, 0) is 42.5 Å². The Bertz CT molecular complexity index is 819. The summed E-state index contributed by atoms with van der Waals surface area (Å²) < 4.78 is 0.987. The van der Waals surface area contributed by atoms with Crippen LogP contribution in [0.4, 0.5) is 5.69 Å². The van der Waals surface area contributed by atoms with Crippen molar-refractivity contribution in [2.75, 3.05) is 11.1 Å². The molecule has 0 saturated heterocycles. The summed E-state index contributed by atoms with van der Waals surface area (Å²) in [5, 5.41) is 4.18. The van der Waals surface area contributed by atoms with Crippen molar-refractivity contribution in [2.45, 2.75) is 5.16 Å². The number of fused-ring (bicyclic) bond motifs is 1. The lowest BCUT2D eigenvalue weighted by Crippen LogP contribution is -2.13. The molecule has 0 aliphatic carbocycles. The first-order chi connectivity index (χ1) is 10.6. The Hall–Kier alpha value is -1.50. The van der Waals surface area contributed by atoms with Crippen molar-refractivity contribution in [3.05, 3.63) is 52.0 Å². The highest BCUT2D eigenvalue weighted by atomic mass is 79.9. The van der Waals surface area contributed by atoms with Gasteiger partial charge in [0, 0.05) is 15.2 Å². The van der Waals surface area contributed by atoms with Gasteiger partial charge in [-0.15, -0.1) is 0 Å². The number of carbonyl (C=O) groups excluding carboxylic acids is 1. The molecular weight excluding hydrogens is 386 g/mol. The molecule has 0 bridgehead atoms. The van der Waals surface area contributed by atoms with E-state index in [2.05, 4.69) is 31.2 Å². The second-order valence-corrected chi connectivity index (χ2v) is 6.86. The van der Waals surface area contributed by atoms with Crippen LogP contribution in [0.3, 0.4) is 0 Å². The number of aromatic amines is 1. The number of rotatable bonds is 4. The normalized spacial score (nSPS) is 10.8. The molecule has 0 saturated carbocycles. The van der Waals surface area contributed by atoms with E-state index in [0.29, 0.717) is 5.02 Å². The van der Waals surface area contributed by atoms with Crippen LogP contribution >= 0.6 is 39.3 Å². The van der Waals surface area contributed by atoms with Crippen LogP contribution in [-0.4, -0.2) is 21.6 Å². The first kappa shape index (κ1) is 15.4. The average Bonchev–Trinajstić information content (AvgIpc) is 2.89. The maximum atomic E-state index is 11.9. The monoisotopic (exact) mass is 395 g/mol. The number of amides is 1. The van der Waals surface area contributed by atoms with Gasteiger partial charge in [0.25, 0.3) is 0 Å². The summed E-state index contributed by atoms with van der Waals surface area (Å²) in [6.45, 7) is 0. The number of halogens is 2. The Labute approximate surface area is 144 Å². The molecule has 1 amide bonds. The molecule has 1 aromatic heterocycles. The van der Waals surface area contributed by atoms with Crippen molar-refractivity contribution < 1.29 is 4.79 Å². The van der Waals surface area contributed by atoms with Crippen molar-refractivity contribution >= 4 is 61.9 Å². The van der Waals surface area contributed by atoms with E-state index in [1.54, 1.807) is 24.3 Å². The van der Waals surface area contributed by atoms with E-state index in [1.165, 1.54) is 11.8 Å². The van der Waals surface area contributed by atoms with Gasteiger partial charge >= 0.3 is 0 Å². The maximum absolute atomic E-state index is 11.9. The number of H-pyrrole nitrogens is 1. The molecule has 2 aromatic carbocycles. The van der Waals surface area contributed by atoms with E-state index in [-0.39, 0.29) is 11.7 Å². The lowest BCUT2D eigenvalue weighted by molar-refractivity contribution is -0.113.